The topological polar surface area (TPSA) is 40.6 Å². The van der Waals surface area contributed by atoms with Crippen LogP contribution >= 0.6 is 11.6 Å². The first-order valence-electron chi connectivity index (χ1n) is 9.60. The normalized spacial score (nSPS) is 17.3. The summed E-state index contributed by atoms with van der Waals surface area (Å²) >= 11 is 6.08. The molecule has 0 aromatic heterocycles. The molecule has 2 aromatic carbocycles. The number of imide groups is 1. The molecule has 2 aliphatic rings. The van der Waals surface area contributed by atoms with Crippen molar-refractivity contribution in [2.45, 2.75) is 33.6 Å². The van der Waals surface area contributed by atoms with Gasteiger partial charge in [-0.1, -0.05) is 35.4 Å². The first-order chi connectivity index (χ1) is 13.4. The fourth-order valence-electron chi connectivity index (χ4n) is 4.18. The number of halogens is 1. The maximum Gasteiger partial charge on any atom is 0.282 e. The number of nitrogens with zero attached hydrogens (tertiary/aromatic N) is 2. The molecule has 0 N–H and O–H groups in total. The number of anilines is 1. The van der Waals surface area contributed by atoms with E-state index in [0.29, 0.717) is 22.0 Å². The smallest absolute Gasteiger partial charge is 0.282 e. The third-order valence-corrected chi connectivity index (χ3v) is 5.77. The van der Waals surface area contributed by atoms with Crippen LogP contribution in [0.5, 0.6) is 0 Å². The van der Waals surface area contributed by atoms with Gasteiger partial charge in [0.05, 0.1) is 11.3 Å². The van der Waals surface area contributed by atoms with Crippen LogP contribution in [0.3, 0.4) is 0 Å². The van der Waals surface area contributed by atoms with Crippen molar-refractivity contribution >= 4 is 34.7 Å². The van der Waals surface area contributed by atoms with E-state index in [-0.39, 0.29) is 11.8 Å². The lowest BCUT2D eigenvalue weighted by molar-refractivity contribution is -0.120. The molecule has 4 rings (SSSR count). The summed E-state index contributed by atoms with van der Waals surface area (Å²) in [5.41, 5.74) is 5.41. The number of rotatable bonds is 3. The largest absolute Gasteiger partial charge is 0.366 e. The number of hydrogen-bond acceptors (Lipinski definition) is 3. The van der Waals surface area contributed by atoms with E-state index in [1.165, 1.54) is 4.90 Å². The molecule has 144 valence electrons. The predicted octanol–water partition coefficient (Wildman–Crippen LogP) is 4.65. The highest BCUT2D eigenvalue weighted by molar-refractivity contribution is 6.45. The van der Waals surface area contributed by atoms with Gasteiger partial charge in [-0.25, -0.2) is 4.90 Å². The highest BCUT2D eigenvalue weighted by atomic mass is 35.5. The average Bonchev–Trinajstić information content (AvgIpc) is 3.23. The van der Waals surface area contributed by atoms with Crippen LogP contribution in [-0.4, -0.2) is 29.8 Å². The first kappa shape index (κ1) is 18.8. The molecule has 0 unspecified atom stereocenters. The van der Waals surface area contributed by atoms with E-state index in [0.717, 1.165) is 48.2 Å². The Labute approximate surface area is 170 Å². The molecule has 2 amide bonds. The number of carbonyl (C=O) groups excluding carboxylic acids is 2. The van der Waals surface area contributed by atoms with Gasteiger partial charge in [-0.3, -0.25) is 9.59 Å². The van der Waals surface area contributed by atoms with Crippen molar-refractivity contribution in [1.29, 1.82) is 0 Å². The van der Waals surface area contributed by atoms with Crippen LogP contribution < -0.4 is 4.90 Å². The van der Waals surface area contributed by atoms with Crippen LogP contribution in [0.2, 0.25) is 5.02 Å². The van der Waals surface area contributed by atoms with Crippen LogP contribution in [0.15, 0.2) is 42.1 Å². The fraction of sp³-hybridized carbons (Fsp3) is 0.304. The Morgan fingerprint density at radius 3 is 2.21 bits per heavy atom. The summed E-state index contributed by atoms with van der Waals surface area (Å²) in [6, 6.07) is 11.2. The number of aryl methyl sites for hydroxylation is 3. The Hall–Kier alpha value is -2.59. The maximum atomic E-state index is 13.5. The summed E-state index contributed by atoms with van der Waals surface area (Å²) in [6.07, 6.45) is 2.07. The Bertz CT molecular complexity index is 1020. The zero-order valence-electron chi connectivity index (χ0n) is 16.4. The van der Waals surface area contributed by atoms with Crippen molar-refractivity contribution in [1.82, 2.24) is 4.90 Å². The zero-order chi connectivity index (χ0) is 20.0. The maximum absolute atomic E-state index is 13.5. The standard InChI is InChI=1S/C23H23ClN2O2/c1-14-6-8-18(15(2)12-14)20-21(25-10-4-5-11-25)23(28)26(22(20)27)19-9-7-17(24)13-16(19)3/h6-9,12-13H,4-5,10-11H2,1-3H3. The minimum Gasteiger partial charge on any atom is -0.366 e. The fourth-order valence-corrected chi connectivity index (χ4v) is 4.40. The van der Waals surface area contributed by atoms with Crippen molar-refractivity contribution in [3.05, 3.63) is 69.4 Å². The molecule has 4 nitrogen and oxygen atoms in total. The zero-order valence-corrected chi connectivity index (χ0v) is 17.1. The minimum absolute atomic E-state index is 0.243. The Morgan fingerprint density at radius 2 is 1.57 bits per heavy atom. The molecule has 0 atom stereocenters. The number of carbonyl (C=O) groups is 2. The van der Waals surface area contributed by atoms with Crippen LogP contribution in [0, 0.1) is 20.8 Å². The highest BCUT2D eigenvalue weighted by Crippen LogP contribution is 2.38. The number of hydrogen-bond donors (Lipinski definition) is 0. The number of benzene rings is 2. The van der Waals surface area contributed by atoms with Gasteiger partial charge in [-0.05, 0) is 68.5 Å². The highest BCUT2D eigenvalue weighted by Gasteiger charge is 2.43. The molecule has 1 saturated heterocycles. The SMILES string of the molecule is Cc1ccc(C2=C(N3CCCC3)C(=O)N(c3ccc(Cl)cc3C)C2=O)c(C)c1. The van der Waals surface area contributed by atoms with Crippen molar-refractivity contribution in [2.75, 3.05) is 18.0 Å². The molecular formula is C23H23ClN2O2. The summed E-state index contributed by atoms with van der Waals surface area (Å²) in [5, 5.41) is 0.586. The molecule has 0 aliphatic carbocycles. The predicted molar refractivity (Wildman–Crippen MR) is 112 cm³/mol. The second kappa shape index (κ2) is 7.10. The Morgan fingerprint density at radius 1 is 0.857 bits per heavy atom. The molecule has 0 bridgehead atoms. The van der Waals surface area contributed by atoms with E-state index in [1.807, 2.05) is 32.9 Å². The molecule has 2 aromatic rings. The van der Waals surface area contributed by atoms with Crippen molar-refractivity contribution in [3.63, 3.8) is 0 Å². The van der Waals surface area contributed by atoms with Crippen LogP contribution in [0.4, 0.5) is 5.69 Å². The van der Waals surface area contributed by atoms with E-state index in [9.17, 15) is 9.59 Å². The summed E-state index contributed by atoms with van der Waals surface area (Å²) in [7, 11) is 0. The van der Waals surface area contributed by atoms with E-state index in [2.05, 4.69) is 11.0 Å². The van der Waals surface area contributed by atoms with Crippen molar-refractivity contribution in [2.24, 2.45) is 0 Å². The molecule has 0 radical (unpaired) electrons. The lowest BCUT2D eigenvalue weighted by atomic mass is 9.97. The van der Waals surface area contributed by atoms with E-state index >= 15 is 0 Å². The molecule has 5 heteroatoms. The van der Waals surface area contributed by atoms with Gasteiger partial charge in [0.2, 0.25) is 0 Å². The monoisotopic (exact) mass is 394 g/mol. The number of amides is 2. The second-order valence-corrected chi connectivity index (χ2v) is 8.05. The van der Waals surface area contributed by atoms with Crippen molar-refractivity contribution < 1.29 is 9.59 Å². The summed E-state index contributed by atoms with van der Waals surface area (Å²) < 4.78 is 0. The quantitative estimate of drug-likeness (QED) is 0.712. The summed E-state index contributed by atoms with van der Waals surface area (Å²) in [4.78, 5) is 30.4. The number of likely N-dealkylation sites (tertiary alicyclic amines) is 1. The van der Waals surface area contributed by atoms with Gasteiger partial charge in [0, 0.05) is 18.1 Å². The van der Waals surface area contributed by atoms with Crippen molar-refractivity contribution in [3.8, 4) is 0 Å². The molecule has 28 heavy (non-hydrogen) atoms. The van der Waals surface area contributed by atoms with Crippen LogP contribution in [-0.2, 0) is 9.59 Å². The lowest BCUT2D eigenvalue weighted by Crippen LogP contribution is -2.35. The molecule has 1 fully saturated rings. The van der Waals surface area contributed by atoms with E-state index < -0.39 is 0 Å². The molecule has 2 heterocycles. The van der Waals surface area contributed by atoms with Gasteiger partial charge in [0.1, 0.15) is 5.70 Å². The van der Waals surface area contributed by atoms with Gasteiger partial charge in [-0.2, -0.15) is 0 Å². The lowest BCUT2D eigenvalue weighted by Gasteiger charge is -2.21. The van der Waals surface area contributed by atoms with Gasteiger partial charge in [0.25, 0.3) is 11.8 Å². The first-order valence-corrected chi connectivity index (χ1v) is 9.98. The summed E-state index contributed by atoms with van der Waals surface area (Å²) in [6.45, 7) is 7.49. The molecule has 0 spiro atoms. The molecule has 2 aliphatic heterocycles. The third-order valence-electron chi connectivity index (χ3n) is 5.53. The Balaban J connectivity index is 1.88. The average molecular weight is 395 g/mol. The third kappa shape index (κ3) is 3.02. The Kier molecular flexibility index (Phi) is 4.76. The summed E-state index contributed by atoms with van der Waals surface area (Å²) in [5.74, 6) is -0.503. The van der Waals surface area contributed by atoms with Crippen LogP contribution in [0.1, 0.15) is 35.1 Å². The van der Waals surface area contributed by atoms with E-state index in [4.69, 9.17) is 11.6 Å². The molecule has 0 saturated carbocycles. The van der Waals surface area contributed by atoms with Gasteiger partial charge >= 0.3 is 0 Å². The van der Waals surface area contributed by atoms with E-state index in [1.54, 1.807) is 18.2 Å². The minimum atomic E-state index is -0.260. The van der Waals surface area contributed by atoms with Crippen LogP contribution in [0.25, 0.3) is 5.57 Å². The molecular weight excluding hydrogens is 372 g/mol. The van der Waals surface area contributed by atoms with Gasteiger partial charge < -0.3 is 4.90 Å². The van der Waals surface area contributed by atoms with Gasteiger partial charge in [0.15, 0.2) is 0 Å². The second-order valence-electron chi connectivity index (χ2n) is 7.61. The van der Waals surface area contributed by atoms with Gasteiger partial charge in [-0.15, -0.1) is 0 Å².